The highest BCUT2D eigenvalue weighted by atomic mass is 16.3. The Bertz CT molecular complexity index is 541. The van der Waals surface area contributed by atoms with Gasteiger partial charge in [0.05, 0.1) is 0 Å². The van der Waals surface area contributed by atoms with Gasteiger partial charge in [0.25, 0.3) is 5.91 Å². The van der Waals surface area contributed by atoms with Gasteiger partial charge in [-0.25, -0.2) is 0 Å². The van der Waals surface area contributed by atoms with Crippen LogP contribution in [-0.2, 0) is 10.4 Å². The topological polar surface area (TPSA) is 49.3 Å². The minimum atomic E-state index is -1.30. The molecule has 0 saturated heterocycles. The van der Waals surface area contributed by atoms with E-state index in [2.05, 4.69) is 5.32 Å². The summed E-state index contributed by atoms with van der Waals surface area (Å²) in [5.41, 5.74) is 0.243. The molecular formula is C16H19NO2. The fourth-order valence-electron chi connectivity index (χ4n) is 4.51. The van der Waals surface area contributed by atoms with Gasteiger partial charge in [0.2, 0.25) is 0 Å². The minimum absolute atomic E-state index is 0.239. The van der Waals surface area contributed by atoms with Crippen molar-refractivity contribution >= 4 is 11.6 Å². The van der Waals surface area contributed by atoms with Crippen molar-refractivity contribution in [2.45, 2.75) is 37.7 Å². The normalized spacial score (nSPS) is 39.4. The van der Waals surface area contributed by atoms with Gasteiger partial charge in [-0.3, -0.25) is 4.79 Å². The van der Waals surface area contributed by atoms with Crippen LogP contribution in [0.25, 0.3) is 0 Å². The number of anilines is 1. The van der Waals surface area contributed by atoms with E-state index >= 15 is 0 Å². The molecule has 3 heteroatoms. The first-order valence-corrected chi connectivity index (χ1v) is 7.30. The van der Waals surface area contributed by atoms with Crippen molar-refractivity contribution in [3.05, 3.63) is 29.8 Å². The van der Waals surface area contributed by atoms with Crippen LogP contribution in [0, 0.1) is 17.8 Å². The lowest BCUT2D eigenvalue weighted by molar-refractivity contribution is -0.136. The van der Waals surface area contributed by atoms with Crippen molar-refractivity contribution in [3.63, 3.8) is 0 Å². The number of fused-ring (bicyclic) bond motifs is 3. The summed E-state index contributed by atoms with van der Waals surface area (Å²) >= 11 is 0. The van der Waals surface area contributed by atoms with Crippen molar-refractivity contribution in [1.82, 2.24) is 0 Å². The summed E-state index contributed by atoms with van der Waals surface area (Å²) in [6.07, 6.45) is 5.74. The van der Waals surface area contributed by atoms with Crippen LogP contribution in [0.2, 0.25) is 0 Å². The molecular weight excluding hydrogens is 238 g/mol. The lowest BCUT2D eigenvalue weighted by atomic mass is 9.78. The second-order valence-electron chi connectivity index (χ2n) is 6.50. The zero-order valence-corrected chi connectivity index (χ0v) is 10.9. The summed E-state index contributed by atoms with van der Waals surface area (Å²) in [4.78, 5) is 12.2. The fraction of sp³-hybridized carbons (Fsp3) is 0.562. The molecule has 3 nitrogen and oxygen atoms in total. The van der Waals surface area contributed by atoms with E-state index in [1.54, 1.807) is 0 Å². The first kappa shape index (κ1) is 11.5. The molecule has 4 unspecified atom stereocenters. The summed E-state index contributed by atoms with van der Waals surface area (Å²) in [6.45, 7) is 0. The lowest BCUT2D eigenvalue weighted by Gasteiger charge is -2.29. The molecule has 2 N–H and O–H groups in total. The van der Waals surface area contributed by atoms with Gasteiger partial charge in [-0.2, -0.15) is 0 Å². The van der Waals surface area contributed by atoms with E-state index in [1.807, 2.05) is 24.3 Å². The maximum Gasteiger partial charge on any atom is 0.261 e. The number of carbonyl (C=O) groups is 1. The molecule has 3 aliphatic rings. The molecule has 4 atom stereocenters. The SMILES string of the molecule is O=C1Nc2ccccc2C1(O)CC1CC2CCC1C2. The van der Waals surface area contributed by atoms with E-state index < -0.39 is 5.60 Å². The molecule has 0 radical (unpaired) electrons. The van der Waals surface area contributed by atoms with Gasteiger partial charge in [-0.1, -0.05) is 24.6 Å². The van der Waals surface area contributed by atoms with Gasteiger partial charge >= 0.3 is 0 Å². The molecule has 0 aromatic heterocycles. The number of rotatable bonds is 2. The highest BCUT2D eigenvalue weighted by Gasteiger charge is 2.50. The van der Waals surface area contributed by atoms with Crippen LogP contribution in [-0.4, -0.2) is 11.0 Å². The Morgan fingerprint density at radius 1 is 1.26 bits per heavy atom. The predicted molar refractivity (Wildman–Crippen MR) is 72.5 cm³/mol. The van der Waals surface area contributed by atoms with Crippen LogP contribution in [0.15, 0.2) is 24.3 Å². The zero-order chi connectivity index (χ0) is 13.0. The predicted octanol–water partition coefficient (Wildman–Crippen LogP) is 2.65. The highest BCUT2D eigenvalue weighted by Crippen LogP contribution is 2.53. The van der Waals surface area contributed by atoms with Gasteiger partial charge in [0.15, 0.2) is 5.60 Å². The maximum atomic E-state index is 12.2. The molecule has 1 aliphatic heterocycles. The summed E-state index contributed by atoms with van der Waals surface area (Å²) in [6, 6.07) is 7.53. The Morgan fingerprint density at radius 2 is 2.11 bits per heavy atom. The van der Waals surface area contributed by atoms with Crippen LogP contribution < -0.4 is 5.32 Å². The molecule has 1 aromatic carbocycles. The molecule has 2 saturated carbocycles. The average Bonchev–Trinajstić information content (AvgIpc) is 3.06. The number of aliphatic hydroxyl groups is 1. The van der Waals surface area contributed by atoms with Crippen molar-refractivity contribution < 1.29 is 9.90 Å². The molecule has 100 valence electrons. The smallest absolute Gasteiger partial charge is 0.261 e. The molecule has 1 amide bonds. The zero-order valence-electron chi connectivity index (χ0n) is 10.9. The number of amides is 1. The van der Waals surface area contributed by atoms with Gasteiger partial charge in [-0.15, -0.1) is 0 Å². The van der Waals surface area contributed by atoms with Crippen molar-refractivity contribution in [2.75, 3.05) is 5.32 Å². The summed E-state index contributed by atoms with van der Waals surface area (Å²) in [7, 11) is 0. The highest BCUT2D eigenvalue weighted by molar-refractivity contribution is 6.04. The molecule has 4 rings (SSSR count). The van der Waals surface area contributed by atoms with E-state index in [0.29, 0.717) is 12.3 Å². The third kappa shape index (κ3) is 1.57. The number of hydrogen-bond acceptors (Lipinski definition) is 2. The second kappa shape index (κ2) is 3.83. The minimum Gasteiger partial charge on any atom is -0.375 e. The van der Waals surface area contributed by atoms with E-state index in [9.17, 15) is 9.90 Å². The largest absolute Gasteiger partial charge is 0.375 e. The summed E-state index contributed by atoms with van der Waals surface area (Å²) in [5, 5.41) is 13.7. The van der Waals surface area contributed by atoms with Gasteiger partial charge in [0, 0.05) is 11.3 Å². The first-order valence-electron chi connectivity index (χ1n) is 7.30. The van der Waals surface area contributed by atoms with Gasteiger partial charge in [0.1, 0.15) is 0 Å². The third-order valence-electron chi connectivity index (χ3n) is 5.44. The third-order valence-corrected chi connectivity index (χ3v) is 5.44. The number of carbonyl (C=O) groups excluding carboxylic acids is 1. The monoisotopic (exact) mass is 257 g/mol. The van der Waals surface area contributed by atoms with Crippen LogP contribution in [0.3, 0.4) is 0 Å². The lowest BCUT2D eigenvalue weighted by Crippen LogP contribution is -2.37. The molecule has 2 aliphatic carbocycles. The molecule has 2 fully saturated rings. The van der Waals surface area contributed by atoms with E-state index in [0.717, 1.165) is 23.1 Å². The number of para-hydroxylation sites is 1. The van der Waals surface area contributed by atoms with Crippen molar-refractivity contribution in [2.24, 2.45) is 17.8 Å². The van der Waals surface area contributed by atoms with Gasteiger partial charge in [-0.05, 0) is 49.5 Å². The summed E-state index contributed by atoms with van der Waals surface area (Å²) in [5.74, 6) is 1.85. The average molecular weight is 257 g/mol. The Labute approximate surface area is 113 Å². The Hall–Kier alpha value is -1.35. The number of hydrogen-bond donors (Lipinski definition) is 2. The van der Waals surface area contributed by atoms with E-state index in [1.165, 1.54) is 25.7 Å². The van der Waals surface area contributed by atoms with Crippen LogP contribution in [0.4, 0.5) is 5.69 Å². The Kier molecular flexibility index (Phi) is 2.31. The summed E-state index contributed by atoms with van der Waals surface area (Å²) < 4.78 is 0. The van der Waals surface area contributed by atoms with Gasteiger partial charge < -0.3 is 10.4 Å². The Morgan fingerprint density at radius 3 is 2.84 bits per heavy atom. The molecule has 0 spiro atoms. The second-order valence-corrected chi connectivity index (χ2v) is 6.50. The Balaban J connectivity index is 1.64. The number of benzene rings is 1. The molecule has 19 heavy (non-hydrogen) atoms. The van der Waals surface area contributed by atoms with Crippen LogP contribution in [0.1, 0.15) is 37.7 Å². The van der Waals surface area contributed by atoms with Crippen molar-refractivity contribution in [1.29, 1.82) is 0 Å². The molecule has 1 aromatic rings. The number of nitrogens with one attached hydrogen (secondary N) is 1. The molecule has 2 bridgehead atoms. The van der Waals surface area contributed by atoms with E-state index in [-0.39, 0.29) is 5.91 Å². The standard InChI is InChI=1S/C16H19NO2/c18-15-16(19,13-3-1-2-4-14(13)17-15)9-12-8-10-5-6-11(12)7-10/h1-4,10-12,19H,5-9H2,(H,17,18). The van der Waals surface area contributed by atoms with E-state index in [4.69, 9.17) is 0 Å². The van der Waals surface area contributed by atoms with Crippen molar-refractivity contribution in [3.8, 4) is 0 Å². The quantitative estimate of drug-likeness (QED) is 0.855. The van der Waals surface area contributed by atoms with Crippen LogP contribution >= 0.6 is 0 Å². The van der Waals surface area contributed by atoms with Crippen LogP contribution in [0.5, 0.6) is 0 Å². The maximum absolute atomic E-state index is 12.2. The first-order chi connectivity index (χ1) is 9.17. The fourth-order valence-corrected chi connectivity index (χ4v) is 4.51. The molecule has 1 heterocycles.